The Bertz CT molecular complexity index is 1030. The van der Waals surface area contributed by atoms with E-state index in [-0.39, 0.29) is 0 Å². The highest BCUT2D eigenvalue weighted by atomic mass is 16.7. The standard InChI is InChI=1S/C27H43N3O12/c1-13(20(28)24(35)30-11-9-10-18(30)25(36)42-27(6,7)8)38-26-21(29-14(2)31)23(40-17(5)34)22(39-16(4)33)19(41-26)12-37-15(3)32/h13,18-23,26H,9-12,28H2,1-8H3,(H,29,31)/t13-,18+,19-,20+,21-,22+,23-,26+/m1/s1. The summed E-state index contributed by atoms with van der Waals surface area (Å²) in [6.07, 6.45) is -5.29. The summed E-state index contributed by atoms with van der Waals surface area (Å²) < 4.78 is 33.4. The molecule has 2 amide bonds. The number of amides is 2. The number of hydrogen-bond donors (Lipinski definition) is 2. The predicted octanol–water partition coefficient (Wildman–Crippen LogP) is -0.292. The molecule has 0 aromatic heterocycles. The average Bonchev–Trinajstić information content (AvgIpc) is 3.34. The predicted molar refractivity (Wildman–Crippen MR) is 143 cm³/mol. The van der Waals surface area contributed by atoms with Gasteiger partial charge in [0.15, 0.2) is 18.5 Å². The first kappa shape index (κ1) is 34.9. The molecule has 0 radical (unpaired) electrons. The Balaban J connectivity index is 2.33. The van der Waals surface area contributed by atoms with Crippen molar-refractivity contribution in [3.05, 3.63) is 0 Å². The highest BCUT2D eigenvalue weighted by Gasteiger charge is 2.52. The molecule has 3 N–H and O–H groups in total. The molecule has 2 fully saturated rings. The first-order valence-corrected chi connectivity index (χ1v) is 13.8. The molecule has 0 aromatic carbocycles. The molecule has 0 saturated carbocycles. The number of nitrogens with one attached hydrogen (secondary N) is 1. The van der Waals surface area contributed by atoms with Crippen LogP contribution < -0.4 is 11.1 Å². The van der Waals surface area contributed by atoms with E-state index in [1.54, 1.807) is 20.8 Å². The van der Waals surface area contributed by atoms with Crippen LogP contribution in [0, 0.1) is 0 Å². The molecule has 0 spiro atoms. The van der Waals surface area contributed by atoms with Crippen molar-refractivity contribution < 1.29 is 57.2 Å². The molecule has 238 valence electrons. The largest absolute Gasteiger partial charge is 0.463 e. The molecule has 8 atom stereocenters. The minimum absolute atomic E-state index is 0.292. The summed E-state index contributed by atoms with van der Waals surface area (Å²) >= 11 is 0. The fraction of sp³-hybridized carbons (Fsp3) is 0.778. The van der Waals surface area contributed by atoms with Gasteiger partial charge in [-0.1, -0.05) is 0 Å². The zero-order valence-corrected chi connectivity index (χ0v) is 25.4. The molecule has 15 heteroatoms. The third-order valence-electron chi connectivity index (χ3n) is 6.43. The normalized spacial score (nSPS) is 27.3. The van der Waals surface area contributed by atoms with Gasteiger partial charge in [-0.3, -0.25) is 24.0 Å². The summed E-state index contributed by atoms with van der Waals surface area (Å²) in [6, 6.07) is -3.31. The van der Waals surface area contributed by atoms with Gasteiger partial charge in [0.05, 0.1) is 6.10 Å². The quantitative estimate of drug-likeness (QED) is 0.245. The van der Waals surface area contributed by atoms with Crippen LogP contribution in [-0.2, 0) is 57.2 Å². The van der Waals surface area contributed by atoms with Gasteiger partial charge in [0.2, 0.25) is 11.8 Å². The molecule has 2 rings (SSSR count). The lowest BCUT2D eigenvalue weighted by molar-refractivity contribution is -0.287. The van der Waals surface area contributed by atoms with E-state index in [2.05, 4.69) is 5.32 Å². The number of nitrogens with two attached hydrogens (primary N) is 1. The number of carbonyl (C=O) groups is 6. The first-order chi connectivity index (χ1) is 19.4. The van der Waals surface area contributed by atoms with Crippen LogP contribution in [0.1, 0.15) is 68.2 Å². The second-order valence-electron chi connectivity index (χ2n) is 11.3. The summed E-state index contributed by atoms with van der Waals surface area (Å²) in [5.41, 5.74) is 5.56. The highest BCUT2D eigenvalue weighted by Crippen LogP contribution is 2.29. The van der Waals surface area contributed by atoms with Gasteiger partial charge in [-0.05, 0) is 40.5 Å². The van der Waals surface area contributed by atoms with Crippen LogP contribution in [-0.4, -0.2) is 108 Å². The Hall–Kier alpha value is -3.30. The summed E-state index contributed by atoms with van der Waals surface area (Å²) in [6.45, 7) is 11.2. The van der Waals surface area contributed by atoms with Gasteiger partial charge in [-0.2, -0.15) is 0 Å². The summed E-state index contributed by atoms with van der Waals surface area (Å²) in [7, 11) is 0. The minimum Gasteiger partial charge on any atom is -0.463 e. The SMILES string of the molecule is CC(=O)N[C@H]1[C@@H](O[C@H](C)[C@H](N)C(=O)N2CCC[C@H]2C(=O)OC(C)(C)C)O[C@H](COC(C)=O)[C@H](OC(C)=O)[C@@H]1OC(C)=O. The maximum absolute atomic E-state index is 13.4. The Labute approximate surface area is 245 Å². The van der Waals surface area contributed by atoms with Crippen LogP contribution in [0.25, 0.3) is 0 Å². The number of ether oxygens (including phenoxy) is 6. The fourth-order valence-electron chi connectivity index (χ4n) is 4.74. The van der Waals surface area contributed by atoms with Gasteiger partial charge in [-0.15, -0.1) is 0 Å². The number of esters is 4. The van der Waals surface area contributed by atoms with Crippen molar-refractivity contribution in [1.82, 2.24) is 10.2 Å². The zero-order chi connectivity index (χ0) is 31.9. The van der Waals surface area contributed by atoms with E-state index in [9.17, 15) is 28.8 Å². The van der Waals surface area contributed by atoms with Gasteiger partial charge in [0.25, 0.3) is 0 Å². The average molecular weight is 602 g/mol. The summed E-state index contributed by atoms with van der Waals surface area (Å²) in [5, 5.41) is 2.59. The van der Waals surface area contributed by atoms with E-state index in [4.69, 9.17) is 34.2 Å². The molecule has 2 aliphatic heterocycles. The van der Waals surface area contributed by atoms with E-state index in [1.165, 1.54) is 18.7 Å². The van der Waals surface area contributed by atoms with Crippen molar-refractivity contribution in [1.29, 1.82) is 0 Å². The highest BCUT2D eigenvalue weighted by molar-refractivity contribution is 5.88. The lowest BCUT2D eigenvalue weighted by atomic mass is 9.95. The maximum Gasteiger partial charge on any atom is 0.329 e. The molecule has 42 heavy (non-hydrogen) atoms. The van der Waals surface area contributed by atoms with E-state index >= 15 is 0 Å². The van der Waals surface area contributed by atoms with Crippen LogP contribution in [0.4, 0.5) is 0 Å². The molecule has 2 saturated heterocycles. The van der Waals surface area contributed by atoms with Gasteiger partial charge in [0.1, 0.15) is 36.4 Å². The van der Waals surface area contributed by atoms with Crippen LogP contribution >= 0.6 is 0 Å². The molecule has 2 aliphatic rings. The van der Waals surface area contributed by atoms with Crippen molar-refractivity contribution in [2.75, 3.05) is 13.2 Å². The lowest BCUT2D eigenvalue weighted by Crippen LogP contribution is -2.67. The fourth-order valence-corrected chi connectivity index (χ4v) is 4.74. The number of carbonyl (C=O) groups excluding carboxylic acids is 6. The van der Waals surface area contributed by atoms with Crippen molar-refractivity contribution >= 4 is 35.7 Å². The Morgan fingerprint density at radius 3 is 2.10 bits per heavy atom. The second kappa shape index (κ2) is 14.7. The molecule has 2 heterocycles. The topological polar surface area (TPSA) is 199 Å². The number of hydrogen-bond acceptors (Lipinski definition) is 13. The van der Waals surface area contributed by atoms with Gasteiger partial charge >= 0.3 is 23.9 Å². The number of likely N-dealkylation sites (tertiary alicyclic amines) is 1. The molecule has 0 aromatic rings. The molecule has 0 bridgehead atoms. The smallest absolute Gasteiger partial charge is 0.329 e. The van der Waals surface area contributed by atoms with Crippen LogP contribution in [0.5, 0.6) is 0 Å². The van der Waals surface area contributed by atoms with Crippen molar-refractivity contribution in [2.24, 2.45) is 5.73 Å². The van der Waals surface area contributed by atoms with Crippen LogP contribution in [0.2, 0.25) is 0 Å². The summed E-state index contributed by atoms with van der Waals surface area (Å²) in [5.74, 6) is -3.82. The summed E-state index contributed by atoms with van der Waals surface area (Å²) in [4.78, 5) is 75.2. The van der Waals surface area contributed by atoms with Crippen molar-refractivity contribution in [2.45, 2.75) is 123 Å². The van der Waals surface area contributed by atoms with Gasteiger partial charge < -0.3 is 44.4 Å². The lowest BCUT2D eigenvalue weighted by Gasteiger charge is -2.45. The third kappa shape index (κ3) is 9.91. The van der Waals surface area contributed by atoms with Crippen molar-refractivity contribution in [3.8, 4) is 0 Å². The van der Waals surface area contributed by atoms with Crippen molar-refractivity contribution in [3.63, 3.8) is 0 Å². The maximum atomic E-state index is 13.4. The third-order valence-corrected chi connectivity index (χ3v) is 6.43. The Morgan fingerprint density at radius 2 is 1.57 bits per heavy atom. The molecule has 0 aliphatic carbocycles. The van der Waals surface area contributed by atoms with E-state index < -0.39 is 96.7 Å². The van der Waals surface area contributed by atoms with Gasteiger partial charge in [0, 0.05) is 34.2 Å². The molecular formula is C27H43N3O12. The Morgan fingerprint density at radius 1 is 0.976 bits per heavy atom. The second-order valence-corrected chi connectivity index (χ2v) is 11.3. The van der Waals surface area contributed by atoms with E-state index in [1.807, 2.05) is 0 Å². The van der Waals surface area contributed by atoms with E-state index in [0.29, 0.717) is 19.4 Å². The molecular weight excluding hydrogens is 558 g/mol. The minimum atomic E-state index is -1.40. The monoisotopic (exact) mass is 601 g/mol. The molecule has 15 nitrogen and oxygen atoms in total. The Kier molecular flexibility index (Phi) is 12.2. The van der Waals surface area contributed by atoms with Crippen LogP contribution in [0.3, 0.4) is 0 Å². The molecule has 0 unspecified atom stereocenters. The number of rotatable bonds is 10. The zero-order valence-electron chi connectivity index (χ0n) is 25.4. The van der Waals surface area contributed by atoms with Gasteiger partial charge in [-0.25, -0.2) is 4.79 Å². The first-order valence-electron chi connectivity index (χ1n) is 13.8. The number of nitrogens with zero attached hydrogens (tertiary/aromatic N) is 1. The van der Waals surface area contributed by atoms with Crippen LogP contribution in [0.15, 0.2) is 0 Å². The van der Waals surface area contributed by atoms with E-state index in [0.717, 1.165) is 20.8 Å².